The molecule has 130 valence electrons. The third kappa shape index (κ3) is 3.60. The van der Waals surface area contributed by atoms with Gasteiger partial charge in [0.1, 0.15) is 12.1 Å². The smallest absolute Gasteiger partial charge is 0.416 e. The summed E-state index contributed by atoms with van der Waals surface area (Å²) in [6.07, 6.45) is -2.52. The van der Waals surface area contributed by atoms with Gasteiger partial charge in [0.25, 0.3) is 0 Å². The number of nitrogens with zero attached hydrogens (tertiary/aromatic N) is 2. The molecule has 0 radical (unpaired) electrons. The number of halogens is 3. The van der Waals surface area contributed by atoms with Gasteiger partial charge in [0, 0.05) is 31.6 Å². The van der Waals surface area contributed by atoms with Gasteiger partial charge in [-0.1, -0.05) is 0 Å². The lowest BCUT2D eigenvalue weighted by Crippen LogP contribution is -2.44. The largest absolute Gasteiger partial charge is 0.472 e. The van der Waals surface area contributed by atoms with Gasteiger partial charge in [0.15, 0.2) is 0 Å². The molecule has 2 amide bonds. The van der Waals surface area contributed by atoms with Crippen molar-refractivity contribution in [2.24, 2.45) is 0 Å². The van der Waals surface area contributed by atoms with Gasteiger partial charge in [0.05, 0.1) is 12.1 Å². The van der Waals surface area contributed by atoms with Crippen molar-refractivity contribution in [2.45, 2.75) is 37.6 Å². The van der Waals surface area contributed by atoms with Crippen molar-refractivity contribution in [1.29, 1.82) is 0 Å². The quantitative estimate of drug-likeness (QED) is 0.900. The molecule has 2 aliphatic heterocycles. The van der Waals surface area contributed by atoms with Crippen LogP contribution in [-0.2, 0) is 15.8 Å². The van der Waals surface area contributed by atoms with Crippen LogP contribution >= 0.6 is 0 Å². The number of alkyl halides is 3. The summed E-state index contributed by atoms with van der Waals surface area (Å²) in [5, 5.41) is 2.61. The summed E-state index contributed by atoms with van der Waals surface area (Å²) in [5.41, 5.74) is -0.827. The molecule has 9 heteroatoms. The normalized spacial score (nSPS) is 24.1. The molecule has 0 aliphatic carbocycles. The fraction of sp³-hybridized carbons (Fsp3) is 0.533. The van der Waals surface area contributed by atoms with Gasteiger partial charge in [-0.3, -0.25) is 9.59 Å². The fourth-order valence-electron chi connectivity index (χ4n) is 2.87. The predicted octanol–water partition coefficient (Wildman–Crippen LogP) is 1.36. The van der Waals surface area contributed by atoms with Crippen LogP contribution in [0.25, 0.3) is 0 Å². The number of rotatable bonds is 3. The zero-order chi connectivity index (χ0) is 17.3. The molecule has 2 aliphatic rings. The van der Waals surface area contributed by atoms with Crippen molar-refractivity contribution in [2.75, 3.05) is 13.1 Å². The Hall–Kier alpha value is -2.32. The second-order valence-corrected chi connectivity index (χ2v) is 5.85. The minimum absolute atomic E-state index is 0.113. The Bertz CT molecular complexity index is 650. The lowest BCUT2D eigenvalue weighted by atomic mass is 10.2. The monoisotopic (exact) mass is 343 g/mol. The Morgan fingerprint density at radius 1 is 1.38 bits per heavy atom. The first-order chi connectivity index (χ1) is 11.3. The fourth-order valence-corrected chi connectivity index (χ4v) is 2.87. The van der Waals surface area contributed by atoms with Crippen LogP contribution in [0.1, 0.15) is 24.8 Å². The van der Waals surface area contributed by atoms with Crippen molar-refractivity contribution in [3.63, 3.8) is 0 Å². The average molecular weight is 343 g/mol. The highest BCUT2D eigenvalue weighted by Crippen LogP contribution is 2.31. The van der Waals surface area contributed by atoms with Crippen LogP contribution in [0.5, 0.6) is 5.88 Å². The van der Waals surface area contributed by atoms with E-state index in [4.69, 9.17) is 4.74 Å². The van der Waals surface area contributed by atoms with E-state index in [2.05, 4.69) is 10.3 Å². The first kappa shape index (κ1) is 16.5. The number of pyridine rings is 1. The number of carbonyl (C=O) groups excluding carboxylic acids is 2. The van der Waals surface area contributed by atoms with Gasteiger partial charge in [-0.25, -0.2) is 4.98 Å². The summed E-state index contributed by atoms with van der Waals surface area (Å²) in [5.74, 6) is -0.434. The van der Waals surface area contributed by atoms with Gasteiger partial charge in [0.2, 0.25) is 17.7 Å². The molecular formula is C15H16F3N3O3. The second kappa shape index (κ2) is 6.29. The first-order valence-electron chi connectivity index (χ1n) is 7.61. The van der Waals surface area contributed by atoms with Crippen molar-refractivity contribution >= 4 is 11.8 Å². The van der Waals surface area contributed by atoms with Gasteiger partial charge in [-0.15, -0.1) is 0 Å². The maximum absolute atomic E-state index is 12.7. The van der Waals surface area contributed by atoms with Crippen LogP contribution < -0.4 is 10.1 Å². The topological polar surface area (TPSA) is 71.5 Å². The molecule has 6 nitrogen and oxygen atoms in total. The molecule has 2 atom stereocenters. The van der Waals surface area contributed by atoms with Crippen LogP contribution in [-0.4, -0.2) is 46.9 Å². The van der Waals surface area contributed by atoms with Gasteiger partial charge in [-0.05, 0) is 12.5 Å². The van der Waals surface area contributed by atoms with Gasteiger partial charge < -0.3 is 15.0 Å². The highest BCUT2D eigenvalue weighted by molar-refractivity contribution is 5.90. The minimum Gasteiger partial charge on any atom is -0.472 e. The first-order valence-corrected chi connectivity index (χ1v) is 7.61. The summed E-state index contributed by atoms with van der Waals surface area (Å²) < 4.78 is 43.5. The minimum atomic E-state index is -4.46. The van der Waals surface area contributed by atoms with Crippen LogP contribution in [0.4, 0.5) is 13.2 Å². The molecule has 24 heavy (non-hydrogen) atoms. The Morgan fingerprint density at radius 3 is 2.83 bits per heavy atom. The van der Waals surface area contributed by atoms with E-state index >= 15 is 0 Å². The number of ether oxygens (including phenoxy) is 1. The summed E-state index contributed by atoms with van der Waals surface area (Å²) in [6.45, 7) is 0.706. The molecule has 2 saturated heterocycles. The molecule has 0 bridgehead atoms. The number of hydrogen-bond donors (Lipinski definition) is 1. The van der Waals surface area contributed by atoms with Crippen molar-refractivity contribution in [3.05, 3.63) is 23.9 Å². The van der Waals surface area contributed by atoms with E-state index in [1.165, 1.54) is 0 Å². The van der Waals surface area contributed by atoms with Crippen molar-refractivity contribution in [1.82, 2.24) is 15.2 Å². The highest BCUT2D eigenvalue weighted by atomic mass is 19.4. The number of amides is 2. The van der Waals surface area contributed by atoms with Crippen LogP contribution in [0, 0.1) is 0 Å². The number of likely N-dealkylation sites (tertiary alicyclic amines) is 1. The Labute approximate surface area is 136 Å². The zero-order valence-corrected chi connectivity index (χ0v) is 12.7. The zero-order valence-electron chi connectivity index (χ0n) is 12.7. The van der Waals surface area contributed by atoms with E-state index in [0.717, 1.165) is 18.3 Å². The van der Waals surface area contributed by atoms with Crippen molar-refractivity contribution < 1.29 is 27.5 Å². The molecule has 3 rings (SSSR count). The lowest BCUT2D eigenvalue weighted by Gasteiger charge is -2.20. The summed E-state index contributed by atoms with van der Waals surface area (Å²) in [7, 11) is 0. The molecule has 0 saturated carbocycles. The van der Waals surface area contributed by atoms with E-state index in [1.54, 1.807) is 4.90 Å². The Balaban J connectivity index is 1.58. The summed E-state index contributed by atoms with van der Waals surface area (Å²) in [6, 6.07) is 1.21. The Morgan fingerprint density at radius 2 is 2.17 bits per heavy atom. The van der Waals surface area contributed by atoms with Crippen LogP contribution in [0.3, 0.4) is 0 Å². The molecule has 0 aromatic carbocycles. The number of aromatic nitrogens is 1. The maximum Gasteiger partial charge on any atom is 0.416 e. The molecule has 1 aromatic heterocycles. The third-order valence-electron chi connectivity index (χ3n) is 4.10. The average Bonchev–Trinajstić information content (AvgIpc) is 3.15. The standard InChI is InChI=1S/C15H16F3N3O3/c16-15(17,18)9-3-5-19-13(7-9)24-10-4-6-21(8-10)14(23)11-1-2-12(22)20-11/h3,5,7,10-11H,1-2,4,6,8H2,(H,20,22). The van der Waals surface area contributed by atoms with E-state index < -0.39 is 23.9 Å². The van der Waals surface area contributed by atoms with E-state index in [-0.39, 0.29) is 24.2 Å². The van der Waals surface area contributed by atoms with Crippen LogP contribution in [0.2, 0.25) is 0 Å². The number of carbonyl (C=O) groups is 2. The second-order valence-electron chi connectivity index (χ2n) is 5.85. The van der Waals surface area contributed by atoms with Crippen LogP contribution in [0.15, 0.2) is 18.3 Å². The molecular weight excluding hydrogens is 327 g/mol. The number of hydrogen-bond acceptors (Lipinski definition) is 4. The molecule has 1 aromatic rings. The molecule has 2 fully saturated rings. The van der Waals surface area contributed by atoms with Gasteiger partial charge >= 0.3 is 6.18 Å². The summed E-state index contributed by atoms with van der Waals surface area (Å²) in [4.78, 5) is 28.8. The summed E-state index contributed by atoms with van der Waals surface area (Å²) >= 11 is 0. The number of nitrogens with one attached hydrogen (secondary N) is 1. The van der Waals surface area contributed by atoms with Gasteiger partial charge in [-0.2, -0.15) is 13.2 Å². The van der Waals surface area contributed by atoms with Crippen molar-refractivity contribution in [3.8, 4) is 5.88 Å². The molecule has 1 N–H and O–H groups in total. The van der Waals surface area contributed by atoms with E-state index in [0.29, 0.717) is 25.8 Å². The maximum atomic E-state index is 12.7. The molecule has 0 spiro atoms. The Kier molecular flexibility index (Phi) is 4.33. The highest BCUT2D eigenvalue weighted by Gasteiger charge is 2.36. The van der Waals surface area contributed by atoms with E-state index in [9.17, 15) is 22.8 Å². The lowest BCUT2D eigenvalue weighted by molar-refractivity contribution is -0.137. The SMILES string of the molecule is O=C1CCC(C(=O)N2CCC(Oc3cc(C(F)(F)F)ccn3)C2)N1. The molecule has 3 heterocycles. The third-order valence-corrected chi connectivity index (χ3v) is 4.10. The predicted molar refractivity (Wildman–Crippen MR) is 76.0 cm³/mol. The molecule has 2 unspecified atom stereocenters. The van der Waals surface area contributed by atoms with E-state index in [1.807, 2.05) is 0 Å².